The number of phenols is 1. The fraction of sp³-hybridized carbons (Fsp3) is 0.273. The summed E-state index contributed by atoms with van der Waals surface area (Å²) in [5, 5.41) is 12.1. The van der Waals surface area contributed by atoms with Gasteiger partial charge in [0.25, 0.3) is 5.56 Å². The highest BCUT2D eigenvalue weighted by Gasteiger charge is 2.69. The fourth-order valence-corrected chi connectivity index (χ4v) is 9.76. The summed E-state index contributed by atoms with van der Waals surface area (Å²) >= 11 is 6.41. The Kier molecular flexibility index (Phi) is 9.30. The first-order valence-electron chi connectivity index (χ1n) is 19.2. The van der Waals surface area contributed by atoms with Gasteiger partial charge in [-0.15, -0.1) is 0 Å². The number of nitrogens with zero attached hydrogens (tertiary/aromatic N) is 6. The van der Waals surface area contributed by atoms with Crippen molar-refractivity contribution in [1.29, 1.82) is 0 Å². The molecular weight excluding hydrogens is 792 g/mol. The van der Waals surface area contributed by atoms with E-state index in [1.165, 1.54) is 41.3 Å². The number of halogens is 1. The van der Waals surface area contributed by atoms with Crippen molar-refractivity contribution in [2.75, 3.05) is 26.2 Å². The summed E-state index contributed by atoms with van der Waals surface area (Å²) in [7, 11) is 6.06. The Morgan fingerprint density at radius 1 is 0.867 bits per heavy atom. The van der Waals surface area contributed by atoms with Gasteiger partial charge in [-0.2, -0.15) is 0 Å². The molecule has 2 fully saturated rings. The monoisotopic (exact) mass is 830 g/mol. The standard InChI is InChI=1S/C44H39ClN6O9/c1-47-34-23-37(60-4)36(59-3)22-32(34)46-31(40(47)54)16-17-48-42(56)49-18-15-28-33(51(49)43(48)57)21-30-39(53)50(26-12-8-11-25(45)19-26)41(55)44(30,24-9-6-5-7-10-24)38(28)29-14-13-27(58-2)20-35(29)52/h5-15,19-20,22-23,30,33,38,52H,16-18,21H2,1-4H3/t30-,33+,38+,44+/m0/s1. The first-order chi connectivity index (χ1) is 28.9. The van der Waals surface area contributed by atoms with Crippen molar-refractivity contribution in [3.8, 4) is 23.0 Å². The fourth-order valence-electron chi connectivity index (χ4n) is 9.57. The number of aromatic hydroxyl groups is 1. The number of hydrogen-bond acceptors (Lipinski definition) is 10. The summed E-state index contributed by atoms with van der Waals surface area (Å²) in [6, 6.07) is 22.7. The topological polar surface area (TPSA) is 169 Å². The second-order valence-corrected chi connectivity index (χ2v) is 15.5. The van der Waals surface area contributed by atoms with Crippen LogP contribution < -0.4 is 36.0 Å². The van der Waals surface area contributed by atoms with Crippen LogP contribution in [-0.2, 0) is 41.6 Å². The molecule has 15 nitrogen and oxygen atoms in total. The highest BCUT2D eigenvalue weighted by molar-refractivity contribution is 6.32. The number of aryl methyl sites for hydroxylation is 2. The third-order valence-electron chi connectivity index (χ3n) is 12.3. The number of allylic oxidation sites excluding steroid dienone is 2. The van der Waals surface area contributed by atoms with Crippen LogP contribution in [0.4, 0.5) is 5.69 Å². The lowest BCUT2D eigenvalue weighted by molar-refractivity contribution is -0.124. The molecule has 9 rings (SSSR count). The summed E-state index contributed by atoms with van der Waals surface area (Å²) in [6.45, 7) is -0.221. The van der Waals surface area contributed by atoms with Crippen molar-refractivity contribution in [2.24, 2.45) is 13.0 Å². The highest BCUT2D eigenvalue weighted by Crippen LogP contribution is 2.63. The summed E-state index contributed by atoms with van der Waals surface area (Å²) in [6.07, 6.45) is 1.73. The van der Waals surface area contributed by atoms with Gasteiger partial charge in [0, 0.05) is 54.7 Å². The summed E-state index contributed by atoms with van der Waals surface area (Å²) in [5.74, 6) is -2.05. The maximum absolute atomic E-state index is 15.4. The van der Waals surface area contributed by atoms with E-state index in [2.05, 4.69) is 4.98 Å². The van der Waals surface area contributed by atoms with Crippen molar-refractivity contribution in [2.45, 2.75) is 43.3 Å². The first kappa shape index (κ1) is 38.6. The number of methoxy groups -OCH3 is 3. The Labute approximate surface area is 346 Å². The van der Waals surface area contributed by atoms with Gasteiger partial charge in [-0.3, -0.25) is 14.4 Å². The van der Waals surface area contributed by atoms with E-state index >= 15 is 4.79 Å². The zero-order valence-electron chi connectivity index (χ0n) is 33.0. The predicted octanol–water partition coefficient (Wildman–Crippen LogP) is 4.48. The van der Waals surface area contributed by atoms with E-state index in [1.807, 2.05) is 12.1 Å². The molecule has 1 saturated heterocycles. The zero-order chi connectivity index (χ0) is 42.2. The van der Waals surface area contributed by atoms with Gasteiger partial charge >= 0.3 is 11.4 Å². The molecule has 0 radical (unpaired) electrons. The van der Waals surface area contributed by atoms with Crippen LogP contribution in [0.5, 0.6) is 23.0 Å². The number of phenolic OH excluding ortho intramolecular Hbond substituents is 1. The van der Waals surface area contributed by atoms with Gasteiger partial charge < -0.3 is 23.9 Å². The third kappa shape index (κ3) is 5.55. The molecule has 306 valence electrons. The molecule has 0 spiro atoms. The molecule has 1 N–H and O–H groups in total. The van der Waals surface area contributed by atoms with Crippen LogP contribution in [-0.4, -0.2) is 61.7 Å². The molecule has 16 heteroatoms. The zero-order valence-corrected chi connectivity index (χ0v) is 33.8. The van der Waals surface area contributed by atoms with E-state index in [9.17, 15) is 24.3 Å². The molecule has 0 bridgehead atoms. The van der Waals surface area contributed by atoms with Gasteiger partial charge in [-0.1, -0.05) is 60.1 Å². The SMILES string of the molecule is COc1ccc([C@H]2C3=CCn4c(=O)n(CCc5nc6cc(OC)c(OC)cc6n(C)c5=O)c(=O)n4[C@@H]3C[C@H]3C(=O)N(c4cccc(Cl)c4)C(=O)[C@@]23c2ccccc2)c(O)c1. The summed E-state index contributed by atoms with van der Waals surface area (Å²) in [5.41, 5.74) is -0.435. The minimum Gasteiger partial charge on any atom is -0.508 e. The largest absolute Gasteiger partial charge is 0.508 e. The van der Waals surface area contributed by atoms with Gasteiger partial charge in [0.05, 0.1) is 62.0 Å². The third-order valence-corrected chi connectivity index (χ3v) is 12.5. The van der Waals surface area contributed by atoms with E-state index < -0.39 is 52.0 Å². The lowest BCUT2D eigenvalue weighted by atomic mass is 9.53. The predicted molar refractivity (Wildman–Crippen MR) is 221 cm³/mol. The van der Waals surface area contributed by atoms with E-state index in [0.717, 1.165) is 9.47 Å². The number of amides is 2. The average molecular weight is 831 g/mol. The lowest BCUT2D eigenvalue weighted by Gasteiger charge is -2.49. The molecular formula is C44H39ClN6O9. The minimum atomic E-state index is -1.60. The number of hydrogen-bond donors (Lipinski definition) is 1. The quantitative estimate of drug-likeness (QED) is 0.162. The number of imide groups is 1. The Balaban J connectivity index is 1.19. The molecule has 0 unspecified atom stereocenters. The second kappa shape index (κ2) is 14.4. The molecule has 2 aliphatic heterocycles. The normalized spacial score (nSPS) is 20.7. The highest BCUT2D eigenvalue weighted by atomic mass is 35.5. The molecule has 4 heterocycles. The second-order valence-electron chi connectivity index (χ2n) is 15.1. The van der Waals surface area contributed by atoms with Crippen LogP contribution in [0.15, 0.2) is 111 Å². The van der Waals surface area contributed by atoms with E-state index in [1.54, 1.807) is 79.8 Å². The smallest absolute Gasteiger partial charge is 0.347 e. The number of fused-ring (bicyclic) bond motifs is 5. The molecule has 1 aliphatic carbocycles. The van der Waals surface area contributed by atoms with E-state index in [-0.39, 0.29) is 43.1 Å². The van der Waals surface area contributed by atoms with Crippen LogP contribution in [0.25, 0.3) is 11.0 Å². The minimum absolute atomic E-state index is 0.0305. The van der Waals surface area contributed by atoms with Crippen molar-refractivity contribution in [3.63, 3.8) is 0 Å². The maximum atomic E-state index is 15.4. The van der Waals surface area contributed by atoms with Gasteiger partial charge in [0.2, 0.25) is 11.8 Å². The van der Waals surface area contributed by atoms with Crippen molar-refractivity contribution >= 4 is 40.1 Å². The Hall–Kier alpha value is -6.87. The van der Waals surface area contributed by atoms with Gasteiger partial charge in [0.1, 0.15) is 17.2 Å². The van der Waals surface area contributed by atoms with Gasteiger partial charge in [-0.05, 0) is 41.8 Å². The number of aromatic nitrogens is 5. The number of anilines is 1. The van der Waals surface area contributed by atoms with Crippen molar-refractivity contribution in [1.82, 2.24) is 23.5 Å². The van der Waals surface area contributed by atoms with E-state index in [4.69, 9.17) is 25.8 Å². The number of benzene rings is 4. The molecule has 3 aliphatic rings. The Bertz CT molecular complexity index is 2990. The van der Waals surface area contributed by atoms with Crippen LogP contribution in [0, 0.1) is 5.92 Å². The number of carbonyl (C=O) groups excluding carboxylic acids is 2. The van der Waals surface area contributed by atoms with Crippen molar-refractivity contribution in [3.05, 3.63) is 150 Å². The van der Waals surface area contributed by atoms with Crippen molar-refractivity contribution < 1.29 is 28.9 Å². The number of ether oxygens (including phenoxy) is 3. The van der Waals surface area contributed by atoms with E-state index in [0.29, 0.717) is 50.0 Å². The Morgan fingerprint density at radius 3 is 2.32 bits per heavy atom. The summed E-state index contributed by atoms with van der Waals surface area (Å²) < 4.78 is 21.4. The molecule has 4 aromatic carbocycles. The maximum Gasteiger partial charge on any atom is 0.347 e. The molecule has 6 aromatic rings. The number of rotatable bonds is 9. The van der Waals surface area contributed by atoms with Crippen LogP contribution in [0.2, 0.25) is 5.02 Å². The van der Waals surface area contributed by atoms with Crippen LogP contribution >= 0.6 is 11.6 Å². The number of carbonyl (C=O) groups is 2. The lowest BCUT2D eigenvalue weighted by Crippen LogP contribution is -2.53. The average Bonchev–Trinajstić information content (AvgIpc) is 3.64. The van der Waals surface area contributed by atoms with Gasteiger partial charge in [0.15, 0.2) is 11.5 Å². The Morgan fingerprint density at radius 2 is 1.62 bits per heavy atom. The van der Waals surface area contributed by atoms with Gasteiger partial charge in [-0.25, -0.2) is 33.4 Å². The first-order valence-corrected chi connectivity index (χ1v) is 19.6. The molecule has 4 atom stereocenters. The molecule has 2 amide bonds. The van der Waals surface area contributed by atoms with Crippen LogP contribution in [0.1, 0.15) is 35.2 Å². The van der Waals surface area contributed by atoms with Crippen LogP contribution in [0.3, 0.4) is 0 Å². The molecule has 2 aromatic heterocycles. The molecule has 1 saturated carbocycles. The summed E-state index contributed by atoms with van der Waals surface area (Å²) in [4.78, 5) is 78.5. The molecule has 60 heavy (non-hydrogen) atoms.